The number of aryl methyl sites for hydroxylation is 1. The second-order valence-corrected chi connectivity index (χ2v) is 2.77. The van der Waals surface area contributed by atoms with Crippen molar-refractivity contribution in [2.24, 2.45) is 0 Å². The summed E-state index contributed by atoms with van der Waals surface area (Å²) in [5.74, 6) is 0.394. The quantitative estimate of drug-likeness (QED) is 0.820. The highest BCUT2D eigenvalue weighted by Crippen LogP contribution is 2.15. The maximum atomic E-state index is 11.7. The highest BCUT2D eigenvalue weighted by Gasteiger charge is 2.27. The molecule has 1 heterocycles. The van der Waals surface area contributed by atoms with Gasteiger partial charge >= 0.3 is 6.18 Å². The number of ether oxygens (including phenoxy) is 1. The van der Waals surface area contributed by atoms with Crippen LogP contribution >= 0.6 is 0 Å². The highest BCUT2D eigenvalue weighted by molar-refractivity contribution is 5.14. The number of rotatable bonds is 3. The second-order valence-electron chi connectivity index (χ2n) is 2.77. The van der Waals surface area contributed by atoms with Crippen LogP contribution in [0.2, 0.25) is 0 Å². The molecule has 0 radical (unpaired) electrons. The third kappa shape index (κ3) is 4.54. The largest absolute Gasteiger partial charge is 0.411 e. The van der Waals surface area contributed by atoms with Gasteiger partial charge in [-0.25, -0.2) is 4.98 Å². The number of hydrogen-bond donors (Lipinski definition) is 1. The van der Waals surface area contributed by atoms with E-state index in [1.54, 1.807) is 6.92 Å². The van der Waals surface area contributed by atoms with Gasteiger partial charge in [0.2, 0.25) is 5.95 Å². The monoisotopic (exact) mass is 222 g/mol. The van der Waals surface area contributed by atoms with E-state index in [2.05, 4.69) is 19.7 Å². The van der Waals surface area contributed by atoms with Gasteiger partial charge in [-0.1, -0.05) is 0 Å². The van der Waals surface area contributed by atoms with Gasteiger partial charge in [-0.15, -0.1) is 0 Å². The summed E-state index contributed by atoms with van der Waals surface area (Å²) in [5, 5.41) is 0. The van der Waals surface area contributed by atoms with Gasteiger partial charge < -0.3 is 10.5 Å². The van der Waals surface area contributed by atoms with Crippen molar-refractivity contribution in [2.45, 2.75) is 19.7 Å². The van der Waals surface area contributed by atoms with Crippen molar-refractivity contribution in [3.8, 4) is 0 Å². The maximum absolute atomic E-state index is 11.7. The van der Waals surface area contributed by atoms with Crippen LogP contribution in [0.3, 0.4) is 0 Å². The van der Waals surface area contributed by atoms with E-state index in [0.29, 0.717) is 5.82 Å². The number of aromatic nitrogens is 3. The van der Waals surface area contributed by atoms with E-state index in [4.69, 9.17) is 5.73 Å². The van der Waals surface area contributed by atoms with Gasteiger partial charge in [0, 0.05) is 0 Å². The molecule has 0 unspecified atom stereocenters. The van der Waals surface area contributed by atoms with E-state index in [0.717, 1.165) is 0 Å². The Morgan fingerprint density at radius 3 is 2.47 bits per heavy atom. The van der Waals surface area contributed by atoms with Crippen LogP contribution in [0.25, 0.3) is 0 Å². The highest BCUT2D eigenvalue weighted by atomic mass is 19.4. The molecule has 0 spiro atoms. The maximum Gasteiger partial charge on any atom is 0.411 e. The average molecular weight is 222 g/mol. The minimum absolute atomic E-state index is 0.0342. The lowest BCUT2D eigenvalue weighted by Crippen LogP contribution is -2.17. The molecule has 5 nitrogen and oxygen atoms in total. The minimum Gasteiger partial charge on any atom is -0.368 e. The molecule has 0 atom stereocenters. The number of nitrogens with two attached hydrogens (primary N) is 1. The molecule has 0 aliphatic rings. The van der Waals surface area contributed by atoms with E-state index in [1.165, 1.54) is 0 Å². The van der Waals surface area contributed by atoms with E-state index < -0.39 is 12.8 Å². The molecule has 2 N–H and O–H groups in total. The van der Waals surface area contributed by atoms with Crippen LogP contribution < -0.4 is 5.73 Å². The van der Waals surface area contributed by atoms with Crippen molar-refractivity contribution < 1.29 is 17.9 Å². The van der Waals surface area contributed by atoms with Crippen LogP contribution in [0.15, 0.2) is 0 Å². The lowest BCUT2D eigenvalue weighted by molar-refractivity contribution is -0.177. The topological polar surface area (TPSA) is 73.9 Å². The van der Waals surface area contributed by atoms with Gasteiger partial charge in [0.1, 0.15) is 19.0 Å². The molecule has 0 bridgehead atoms. The molecule has 8 heteroatoms. The Hall–Kier alpha value is -1.44. The Morgan fingerprint density at radius 2 is 1.93 bits per heavy atom. The molecule has 0 amide bonds. The fraction of sp³-hybridized carbons (Fsp3) is 0.571. The van der Waals surface area contributed by atoms with Crippen molar-refractivity contribution in [3.63, 3.8) is 0 Å². The first-order valence-electron chi connectivity index (χ1n) is 3.98. The predicted molar refractivity (Wildman–Crippen MR) is 44.7 cm³/mol. The van der Waals surface area contributed by atoms with Gasteiger partial charge in [-0.05, 0) is 6.92 Å². The standard InChI is InChI=1S/C7H9F3N4O/c1-4-12-5(14-6(11)13-4)2-15-3-7(8,9)10/h2-3H2,1H3,(H2,11,12,13,14). The zero-order chi connectivity index (χ0) is 11.5. The molecule has 1 rings (SSSR count). The number of nitrogens with zero attached hydrogens (tertiary/aromatic N) is 3. The van der Waals surface area contributed by atoms with E-state index >= 15 is 0 Å². The van der Waals surface area contributed by atoms with Crippen molar-refractivity contribution in [2.75, 3.05) is 12.3 Å². The van der Waals surface area contributed by atoms with Crippen LogP contribution in [0, 0.1) is 6.92 Å². The Kier molecular flexibility index (Phi) is 3.40. The third-order valence-electron chi connectivity index (χ3n) is 1.31. The first-order chi connectivity index (χ1) is 6.87. The van der Waals surface area contributed by atoms with Crippen molar-refractivity contribution in [1.29, 1.82) is 0 Å². The van der Waals surface area contributed by atoms with Crippen LogP contribution in [-0.2, 0) is 11.3 Å². The summed E-state index contributed by atoms with van der Waals surface area (Å²) in [6.07, 6.45) is -4.35. The van der Waals surface area contributed by atoms with Gasteiger partial charge in [-0.3, -0.25) is 0 Å². The summed E-state index contributed by atoms with van der Waals surface area (Å²) in [4.78, 5) is 11.0. The lowest BCUT2D eigenvalue weighted by atomic mass is 10.6. The Bertz CT molecular complexity index is 321. The molecule has 84 valence electrons. The molecule has 0 saturated carbocycles. The molecule has 15 heavy (non-hydrogen) atoms. The van der Waals surface area contributed by atoms with Crippen molar-refractivity contribution in [1.82, 2.24) is 15.0 Å². The number of alkyl halides is 3. The van der Waals surface area contributed by atoms with Gasteiger partial charge in [0.05, 0.1) is 0 Å². The summed E-state index contributed by atoms with van der Waals surface area (Å²) in [5.41, 5.74) is 5.28. The Balaban J connectivity index is 2.51. The second kappa shape index (κ2) is 4.39. The summed E-state index contributed by atoms with van der Waals surface area (Å²) < 4.78 is 39.5. The average Bonchev–Trinajstić information content (AvgIpc) is 1.99. The number of halogens is 3. The fourth-order valence-electron chi connectivity index (χ4n) is 0.882. The lowest BCUT2D eigenvalue weighted by Gasteiger charge is -2.06. The summed E-state index contributed by atoms with van der Waals surface area (Å²) >= 11 is 0. The number of hydrogen-bond acceptors (Lipinski definition) is 5. The molecule has 0 aliphatic heterocycles. The van der Waals surface area contributed by atoms with E-state index in [9.17, 15) is 13.2 Å². The van der Waals surface area contributed by atoms with Gasteiger partial charge in [0.25, 0.3) is 0 Å². The number of nitrogen functional groups attached to an aromatic ring is 1. The molecule has 1 aromatic rings. The summed E-state index contributed by atoms with van der Waals surface area (Å²) in [7, 11) is 0. The van der Waals surface area contributed by atoms with Crippen LogP contribution in [0.1, 0.15) is 11.6 Å². The third-order valence-corrected chi connectivity index (χ3v) is 1.31. The van der Waals surface area contributed by atoms with Crippen LogP contribution in [0.4, 0.5) is 19.1 Å². The van der Waals surface area contributed by atoms with Crippen molar-refractivity contribution >= 4 is 5.95 Å². The Labute approximate surface area is 83.5 Å². The molecule has 0 saturated heterocycles. The van der Waals surface area contributed by atoms with Crippen LogP contribution in [0.5, 0.6) is 0 Å². The van der Waals surface area contributed by atoms with Crippen LogP contribution in [-0.4, -0.2) is 27.7 Å². The molecular formula is C7H9F3N4O. The normalized spacial score (nSPS) is 11.7. The molecule has 0 aliphatic carbocycles. The first-order valence-corrected chi connectivity index (χ1v) is 3.98. The molecule has 0 fully saturated rings. The minimum atomic E-state index is -4.35. The van der Waals surface area contributed by atoms with Crippen molar-refractivity contribution in [3.05, 3.63) is 11.6 Å². The number of anilines is 1. The SMILES string of the molecule is Cc1nc(N)nc(COCC(F)(F)F)n1. The van der Waals surface area contributed by atoms with E-state index in [1.807, 2.05) is 0 Å². The molecule has 1 aromatic heterocycles. The van der Waals surface area contributed by atoms with Gasteiger partial charge in [-0.2, -0.15) is 23.1 Å². The Morgan fingerprint density at radius 1 is 1.27 bits per heavy atom. The molecular weight excluding hydrogens is 213 g/mol. The smallest absolute Gasteiger partial charge is 0.368 e. The molecule has 0 aromatic carbocycles. The van der Waals surface area contributed by atoms with E-state index in [-0.39, 0.29) is 18.4 Å². The first kappa shape index (κ1) is 11.6. The fourth-order valence-corrected chi connectivity index (χ4v) is 0.882. The zero-order valence-electron chi connectivity index (χ0n) is 7.88. The summed E-state index contributed by atoms with van der Waals surface area (Å²) in [6, 6.07) is 0. The van der Waals surface area contributed by atoms with Gasteiger partial charge in [0.15, 0.2) is 5.82 Å². The zero-order valence-corrected chi connectivity index (χ0v) is 7.88. The predicted octanol–water partition coefficient (Wildman–Crippen LogP) is 0.841. The summed E-state index contributed by atoms with van der Waals surface area (Å²) in [6.45, 7) is -0.115.